The number of hydrogen-bond acceptors (Lipinski definition) is 3. The third-order valence-electron chi connectivity index (χ3n) is 3.80. The number of hydrogen-bond donors (Lipinski definition) is 1. The molecule has 3 heteroatoms. The molecule has 3 unspecified atom stereocenters. The summed E-state index contributed by atoms with van der Waals surface area (Å²) >= 11 is 0. The number of benzene rings is 1. The van der Waals surface area contributed by atoms with E-state index >= 15 is 0 Å². The summed E-state index contributed by atoms with van der Waals surface area (Å²) in [6, 6.07) is 10.5. The summed E-state index contributed by atoms with van der Waals surface area (Å²) in [6.45, 7) is 3.05. The van der Waals surface area contributed by atoms with Gasteiger partial charge in [0.1, 0.15) is 0 Å². The monoisotopic (exact) mass is 232 g/mol. The van der Waals surface area contributed by atoms with Gasteiger partial charge in [0, 0.05) is 25.7 Å². The van der Waals surface area contributed by atoms with E-state index in [1.54, 1.807) is 0 Å². The molecule has 1 aromatic rings. The zero-order valence-corrected chi connectivity index (χ0v) is 10.1. The predicted octanol–water partition coefficient (Wildman–Crippen LogP) is 1.55. The molecule has 1 aromatic carbocycles. The largest absolute Gasteiger partial charge is 0.372 e. The van der Waals surface area contributed by atoms with Crippen LogP contribution in [0, 0.1) is 0 Å². The van der Waals surface area contributed by atoms with Crippen LogP contribution in [0.15, 0.2) is 30.3 Å². The number of likely N-dealkylation sites (tertiary alicyclic amines) is 1. The van der Waals surface area contributed by atoms with Crippen LogP contribution in [-0.4, -0.2) is 36.7 Å². The van der Waals surface area contributed by atoms with Crippen molar-refractivity contribution in [3.8, 4) is 0 Å². The lowest BCUT2D eigenvalue weighted by molar-refractivity contribution is -0.0397. The number of fused-ring (bicyclic) bond motifs is 2. The van der Waals surface area contributed by atoms with Crippen molar-refractivity contribution in [2.45, 2.75) is 31.1 Å². The van der Waals surface area contributed by atoms with Crippen LogP contribution >= 0.6 is 0 Å². The fourth-order valence-corrected chi connectivity index (χ4v) is 2.93. The Morgan fingerprint density at radius 3 is 2.47 bits per heavy atom. The molecule has 2 aliphatic rings. The van der Waals surface area contributed by atoms with Crippen LogP contribution in [0.3, 0.4) is 0 Å². The van der Waals surface area contributed by atoms with Gasteiger partial charge in [0.2, 0.25) is 0 Å². The van der Waals surface area contributed by atoms with Gasteiger partial charge in [0.15, 0.2) is 0 Å². The van der Waals surface area contributed by atoms with Crippen LogP contribution in [0.25, 0.3) is 0 Å². The Morgan fingerprint density at radius 1 is 1.18 bits per heavy atom. The molecular formula is C14H20N2O. The van der Waals surface area contributed by atoms with E-state index in [4.69, 9.17) is 10.5 Å². The lowest BCUT2D eigenvalue weighted by Gasteiger charge is -2.33. The van der Waals surface area contributed by atoms with Crippen molar-refractivity contribution in [1.29, 1.82) is 0 Å². The van der Waals surface area contributed by atoms with Crippen molar-refractivity contribution >= 4 is 0 Å². The van der Waals surface area contributed by atoms with E-state index < -0.39 is 0 Å². The second kappa shape index (κ2) is 4.77. The Bertz CT molecular complexity index is 356. The number of rotatable bonds is 3. The van der Waals surface area contributed by atoms with Crippen molar-refractivity contribution < 1.29 is 4.74 Å². The van der Waals surface area contributed by atoms with E-state index in [1.165, 1.54) is 18.4 Å². The molecule has 0 aliphatic carbocycles. The summed E-state index contributed by atoms with van der Waals surface area (Å²) in [5.41, 5.74) is 7.48. The average Bonchev–Trinajstić information content (AvgIpc) is 2.70. The molecule has 2 fully saturated rings. The molecule has 2 N–H and O–H groups in total. The molecule has 0 radical (unpaired) electrons. The van der Waals surface area contributed by atoms with Crippen molar-refractivity contribution in [3.63, 3.8) is 0 Å². The molecule has 2 aliphatic heterocycles. The first-order chi connectivity index (χ1) is 8.31. The van der Waals surface area contributed by atoms with Crippen LogP contribution in [0.1, 0.15) is 24.4 Å². The SMILES string of the molecule is NC(CN1CC2CCC(C1)O2)c1ccccc1. The summed E-state index contributed by atoms with van der Waals surface area (Å²) in [6.07, 6.45) is 3.36. The van der Waals surface area contributed by atoms with Gasteiger partial charge < -0.3 is 10.5 Å². The smallest absolute Gasteiger partial charge is 0.0707 e. The number of morpholine rings is 1. The topological polar surface area (TPSA) is 38.5 Å². The highest BCUT2D eigenvalue weighted by atomic mass is 16.5. The molecule has 3 atom stereocenters. The van der Waals surface area contributed by atoms with Gasteiger partial charge in [-0.05, 0) is 18.4 Å². The summed E-state index contributed by atoms with van der Waals surface area (Å²) in [5, 5.41) is 0. The standard InChI is InChI=1S/C14H20N2O/c15-14(11-4-2-1-3-5-11)10-16-8-12-6-7-13(9-16)17-12/h1-5,12-14H,6-10,15H2. The first-order valence-corrected chi connectivity index (χ1v) is 6.49. The predicted molar refractivity (Wildman–Crippen MR) is 67.7 cm³/mol. The van der Waals surface area contributed by atoms with Crippen LogP contribution in [0.2, 0.25) is 0 Å². The van der Waals surface area contributed by atoms with Crippen molar-refractivity contribution in [3.05, 3.63) is 35.9 Å². The fraction of sp³-hybridized carbons (Fsp3) is 0.571. The van der Waals surface area contributed by atoms with Gasteiger partial charge in [-0.2, -0.15) is 0 Å². The first-order valence-electron chi connectivity index (χ1n) is 6.49. The maximum atomic E-state index is 6.25. The quantitative estimate of drug-likeness (QED) is 0.859. The second-order valence-electron chi connectivity index (χ2n) is 5.19. The van der Waals surface area contributed by atoms with Gasteiger partial charge in [-0.1, -0.05) is 30.3 Å². The highest BCUT2D eigenvalue weighted by Gasteiger charge is 2.33. The Kier molecular flexibility index (Phi) is 3.14. The lowest BCUT2D eigenvalue weighted by Crippen LogP contribution is -2.45. The van der Waals surface area contributed by atoms with E-state index in [9.17, 15) is 0 Å². The number of ether oxygens (including phenoxy) is 1. The fourth-order valence-electron chi connectivity index (χ4n) is 2.93. The molecule has 17 heavy (non-hydrogen) atoms. The Hall–Kier alpha value is -0.900. The zero-order valence-electron chi connectivity index (χ0n) is 10.1. The zero-order chi connectivity index (χ0) is 11.7. The molecule has 3 nitrogen and oxygen atoms in total. The van der Waals surface area contributed by atoms with Gasteiger partial charge in [-0.25, -0.2) is 0 Å². The van der Waals surface area contributed by atoms with E-state index in [2.05, 4.69) is 29.2 Å². The summed E-state index contributed by atoms with van der Waals surface area (Å²) in [7, 11) is 0. The summed E-state index contributed by atoms with van der Waals surface area (Å²) in [4.78, 5) is 2.46. The van der Waals surface area contributed by atoms with Gasteiger partial charge in [-0.3, -0.25) is 4.90 Å². The van der Waals surface area contributed by atoms with Crippen LogP contribution in [0.5, 0.6) is 0 Å². The molecular weight excluding hydrogens is 212 g/mol. The molecule has 0 amide bonds. The van der Waals surface area contributed by atoms with E-state index in [0.29, 0.717) is 12.2 Å². The van der Waals surface area contributed by atoms with Gasteiger partial charge in [-0.15, -0.1) is 0 Å². The maximum Gasteiger partial charge on any atom is 0.0707 e. The highest BCUT2D eigenvalue weighted by Crippen LogP contribution is 2.27. The molecule has 0 spiro atoms. The molecule has 2 saturated heterocycles. The molecule has 2 bridgehead atoms. The molecule has 0 saturated carbocycles. The van der Waals surface area contributed by atoms with Crippen LogP contribution < -0.4 is 5.73 Å². The Balaban J connectivity index is 1.60. The van der Waals surface area contributed by atoms with Gasteiger partial charge >= 0.3 is 0 Å². The third kappa shape index (κ3) is 2.51. The first kappa shape index (κ1) is 11.2. The maximum absolute atomic E-state index is 6.25. The van der Waals surface area contributed by atoms with E-state index in [1.807, 2.05) is 6.07 Å². The van der Waals surface area contributed by atoms with Crippen molar-refractivity contribution in [1.82, 2.24) is 4.90 Å². The summed E-state index contributed by atoms with van der Waals surface area (Å²) < 4.78 is 5.83. The van der Waals surface area contributed by atoms with Gasteiger partial charge in [0.05, 0.1) is 12.2 Å². The average molecular weight is 232 g/mol. The molecule has 2 heterocycles. The third-order valence-corrected chi connectivity index (χ3v) is 3.80. The minimum absolute atomic E-state index is 0.119. The van der Waals surface area contributed by atoms with Crippen LogP contribution in [0.4, 0.5) is 0 Å². The number of nitrogens with two attached hydrogens (primary N) is 1. The molecule has 92 valence electrons. The van der Waals surface area contributed by atoms with Crippen molar-refractivity contribution in [2.24, 2.45) is 5.73 Å². The normalized spacial score (nSPS) is 30.4. The van der Waals surface area contributed by atoms with Crippen molar-refractivity contribution in [2.75, 3.05) is 19.6 Å². The van der Waals surface area contributed by atoms with E-state index in [0.717, 1.165) is 19.6 Å². The molecule has 3 rings (SSSR count). The lowest BCUT2D eigenvalue weighted by atomic mass is 10.1. The Labute approximate surface area is 103 Å². The van der Waals surface area contributed by atoms with Crippen LogP contribution in [-0.2, 0) is 4.74 Å². The second-order valence-corrected chi connectivity index (χ2v) is 5.19. The Morgan fingerprint density at radius 2 is 1.82 bits per heavy atom. The highest BCUT2D eigenvalue weighted by molar-refractivity contribution is 5.18. The summed E-state index contributed by atoms with van der Waals surface area (Å²) in [5.74, 6) is 0. The minimum Gasteiger partial charge on any atom is -0.372 e. The van der Waals surface area contributed by atoms with E-state index in [-0.39, 0.29) is 6.04 Å². The van der Waals surface area contributed by atoms with Gasteiger partial charge in [0.25, 0.3) is 0 Å². The minimum atomic E-state index is 0.119. The molecule has 0 aromatic heterocycles. The number of nitrogens with zero attached hydrogens (tertiary/aromatic N) is 1.